The molecule has 2 fully saturated rings. The van der Waals surface area contributed by atoms with Crippen LogP contribution >= 0.6 is 0 Å². The molecular weight excluding hydrogens is 425 g/mol. The second kappa shape index (κ2) is 8.62. The average Bonchev–Trinajstić information content (AvgIpc) is 3.26. The zero-order chi connectivity index (χ0) is 22.2. The predicted octanol–water partition coefficient (Wildman–Crippen LogP) is 4.34. The van der Waals surface area contributed by atoms with Crippen molar-refractivity contribution in [2.45, 2.75) is 18.2 Å². The van der Waals surface area contributed by atoms with Crippen molar-refractivity contribution in [1.82, 2.24) is 9.97 Å². The van der Waals surface area contributed by atoms with Crippen LogP contribution < -0.4 is 9.64 Å². The third-order valence-corrected chi connectivity index (χ3v) is 7.58. The topological polar surface area (TPSA) is 55.3 Å². The standard InChI is InChI=1S/C25H26FN3O2S/c1-3-16-11-27-25(28-12-16)29-13-20-21(14-29)22(20)15-31-19-7-4-17(5-8-19)18-6-9-24(32(2)30)23(26)10-18/h4-12,20-22H,3,13-15H2,1-2H3/t20-,21+,22?,32?. The normalized spacial score (nSPS) is 22.5. The lowest BCUT2D eigenvalue weighted by Crippen LogP contribution is -2.27. The number of rotatable bonds is 7. The summed E-state index contributed by atoms with van der Waals surface area (Å²) < 4.78 is 31.7. The van der Waals surface area contributed by atoms with Crippen LogP contribution in [-0.4, -0.2) is 40.1 Å². The zero-order valence-electron chi connectivity index (χ0n) is 18.2. The first-order chi connectivity index (χ1) is 15.5. The van der Waals surface area contributed by atoms with Crippen molar-refractivity contribution >= 4 is 16.7 Å². The van der Waals surface area contributed by atoms with Gasteiger partial charge in [0.1, 0.15) is 11.6 Å². The molecule has 1 aliphatic carbocycles. The molecule has 0 bridgehead atoms. The summed E-state index contributed by atoms with van der Waals surface area (Å²) in [5.74, 6) is 3.09. The molecule has 32 heavy (non-hydrogen) atoms. The molecule has 0 amide bonds. The number of piperidine rings is 1. The SMILES string of the molecule is CCc1cnc(N2C[C@@H]3C(COc4ccc(-c5ccc(S(C)=O)c(F)c5)cc4)[C@@H]3C2)nc1. The first-order valence-corrected chi connectivity index (χ1v) is 12.5. The fourth-order valence-corrected chi connectivity index (χ4v) is 5.20. The van der Waals surface area contributed by atoms with Gasteiger partial charge in [0.2, 0.25) is 5.95 Å². The molecule has 7 heteroatoms. The molecule has 2 aromatic carbocycles. The molecular formula is C25H26FN3O2S. The van der Waals surface area contributed by atoms with Gasteiger partial charge in [-0.05, 0) is 59.2 Å². The Hall–Kier alpha value is -2.80. The lowest BCUT2D eigenvalue weighted by atomic mass is 10.1. The maximum atomic E-state index is 14.1. The fourth-order valence-electron chi connectivity index (χ4n) is 4.60. The van der Waals surface area contributed by atoms with Crippen LogP contribution in [0.4, 0.5) is 10.3 Å². The van der Waals surface area contributed by atoms with Gasteiger partial charge in [0.25, 0.3) is 0 Å². The van der Waals surface area contributed by atoms with Crippen molar-refractivity contribution in [2.75, 3.05) is 30.9 Å². The largest absolute Gasteiger partial charge is 0.493 e. The Morgan fingerprint density at radius 1 is 1.06 bits per heavy atom. The van der Waals surface area contributed by atoms with E-state index in [1.165, 1.54) is 12.3 Å². The van der Waals surface area contributed by atoms with Crippen LogP contribution in [0.3, 0.4) is 0 Å². The number of halogens is 1. The van der Waals surface area contributed by atoms with Gasteiger partial charge < -0.3 is 9.64 Å². The van der Waals surface area contributed by atoms with Gasteiger partial charge in [-0.1, -0.05) is 25.1 Å². The Morgan fingerprint density at radius 3 is 2.31 bits per heavy atom. The average molecular weight is 452 g/mol. The molecule has 1 aromatic heterocycles. The molecule has 3 aromatic rings. The van der Waals surface area contributed by atoms with Crippen LogP contribution in [-0.2, 0) is 17.2 Å². The Kier molecular flexibility index (Phi) is 5.67. The zero-order valence-corrected chi connectivity index (χ0v) is 19.0. The molecule has 2 heterocycles. The Morgan fingerprint density at radius 2 is 1.72 bits per heavy atom. The van der Waals surface area contributed by atoms with Gasteiger partial charge in [0.15, 0.2) is 0 Å². The van der Waals surface area contributed by atoms with E-state index in [0.717, 1.165) is 47.9 Å². The Bertz CT molecular complexity index is 1120. The smallest absolute Gasteiger partial charge is 0.225 e. The molecule has 1 saturated heterocycles. The third-order valence-electron chi connectivity index (χ3n) is 6.63. The van der Waals surface area contributed by atoms with Crippen LogP contribution in [0.2, 0.25) is 0 Å². The molecule has 5 nitrogen and oxygen atoms in total. The Balaban J connectivity index is 1.14. The van der Waals surface area contributed by atoms with E-state index in [-0.39, 0.29) is 4.90 Å². The molecule has 166 valence electrons. The van der Waals surface area contributed by atoms with Gasteiger partial charge in [-0.3, -0.25) is 4.21 Å². The summed E-state index contributed by atoms with van der Waals surface area (Å²) in [4.78, 5) is 11.5. The number of aryl methyl sites for hydroxylation is 1. The highest BCUT2D eigenvalue weighted by atomic mass is 32.2. The summed E-state index contributed by atoms with van der Waals surface area (Å²) >= 11 is 0. The minimum Gasteiger partial charge on any atom is -0.493 e. The minimum atomic E-state index is -1.33. The number of fused-ring (bicyclic) bond motifs is 1. The van der Waals surface area contributed by atoms with Gasteiger partial charge in [-0.15, -0.1) is 0 Å². The number of aromatic nitrogens is 2. The quantitative estimate of drug-likeness (QED) is 0.535. The Labute approximate surface area is 190 Å². The highest BCUT2D eigenvalue weighted by Crippen LogP contribution is 2.52. The van der Waals surface area contributed by atoms with Gasteiger partial charge in [-0.2, -0.15) is 0 Å². The molecule has 1 aliphatic heterocycles. The van der Waals surface area contributed by atoms with Crippen LogP contribution in [0.5, 0.6) is 5.75 Å². The molecule has 4 atom stereocenters. The van der Waals surface area contributed by atoms with E-state index in [2.05, 4.69) is 21.8 Å². The number of hydrogen-bond acceptors (Lipinski definition) is 5. The minimum absolute atomic E-state index is 0.229. The molecule has 0 radical (unpaired) electrons. The molecule has 2 aliphatic rings. The summed E-state index contributed by atoms with van der Waals surface area (Å²) in [5, 5.41) is 0. The molecule has 0 spiro atoms. The lowest BCUT2D eigenvalue weighted by Gasteiger charge is -2.19. The summed E-state index contributed by atoms with van der Waals surface area (Å²) in [6.45, 7) is 4.81. The number of nitrogens with zero attached hydrogens (tertiary/aromatic N) is 3. The van der Waals surface area contributed by atoms with E-state index < -0.39 is 16.6 Å². The summed E-state index contributed by atoms with van der Waals surface area (Å²) in [5.41, 5.74) is 2.82. The van der Waals surface area contributed by atoms with Crippen LogP contribution in [0.1, 0.15) is 12.5 Å². The van der Waals surface area contributed by atoms with Gasteiger partial charge >= 0.3 is 0 Å². The van der Waals surface area contributed by atoms with E-state index >= 15 is 0 Å². The third kappa shape index (κ3) is 4.13. The van der Waals surface area contributed by atoms with Crippen molar-refractivity contribution in [3.05, 3.63) is 66.2 Å². The first kappa shape index (κ1) is 21.1. The van der Waals surface area contributed by atoms with Gasteiger partial charge in [-0.25, -0.2) is 14.4 Å². The molecule has 1 saturated carbocycles. The van der Waals surface area contributed by atoms with E-state index in [1.807, 2.05) is 36.7 Å². The highest BCUT2D eigenvalue weighted by Gasteiger charge is 2.56. The maximum Gasteiger partial charge on any atom is 0.225 e. The second-order valence-electron chi connectivity index (χ2n) is 8.58. The first-order valence-electron chi connectivity index (χ1n) is 11.0. The monoisotopic (exact) mass is 451 g/mol. The molecule has 5 rings (SSSR count). The predicted molar refractivity (Wildman–Crippen MR) is 124 cm³/mol. The summed E-state index contributed by atoms with van der Waals surface area (Å²) in [6, 6.07) is 12.5. The maximum absolute atomic E-state index is 14.1. The van der Waals surface area contributed by atoms with Crippen molar-refractivity contribution < 1.29 is 13.3 Å². The van der Waals surface area contributed by atoms with Crippen LogP contribution in [0.25, 0.3) is 11.1 Å². The van der Waals surface area contributed by atoms with E-state index in [9.17, 15) is 8.60 Å². The van der Waals surface area contributed by atoms with Crippen LogP contribution in [0, 0.1) is 23.6 Å². The van der Waals surface area contributed by atoms with Crippen LogP contribution in [0.15, 0.2) is 59.8 Å². The van der Waals surface area contributed by atoms with E-state index in [0.29, 0.717) is 24.4 Å². The summed E-state index contributed by atoms with van der Waals surface area (Å²) in [7, 11) is -1.33. The van der Waals surface area contributed by atoms with Crippen molar-refractivity contribution in [3.63, 3.8) is 0 Å². The van der Waals surface area contributed by atoms with Gasteiger partial charge in [0, 0.05) is 37.7 Å². The lowest BCUT2D eigenvalue weighted by molar-refractivity contribution is 0.283. The molecule has 0 N–H and O–H groups in total. The number of anilines is 1. The van der Waals surface area contributed by atoms with Gasteiger partial charge in [0.05, 0.1) is 22.3 Å². The van der Waals surface area contributed by atoms with Crippen molar-refractivity contribution in [2.24, 2.45) is 17.8 Å². The number of hydrogen-bond donors (Lipinski definition) is 0. The molecule has 2 unspecified atom stereocenters. The van der Waals surface area contributed by atoms with Crippen molar-refractivity contribution in [1.29, 1.82) is 0 Å². The highest BCUT2D eigenvalue weighted by molar-refractivity contribution is 7.84. The fraction of sp³-hybridized carbons (Fsp3) is 0.360. The number of benzene rings is 2. The number of ether oxygens (including phenoxy) is 1. The second-order valence-corrected chi connectivity index (χ2v) is 9.92. The van der Waals surface area contributed by atoms with E-state index in [1.54, 1.807) is 12.1 Å². The van der Waals surface area contributed by atoms with E-state index in [4.69, 9.17) is 4.74 Å². The summed E-state index contributed by atoms with van der Waals surface area (Å²) in [6.07, 6.45) is 6.28. The van der Waals surface area contributed by atoms with Crippen molar-refractivity contribution in [3.8, 4) is 16.9 Å².